The van der Waals surface area contributed by atoms with Crippen LogP contribution in [0, 0.1) is 0 Å². The Labute approximate surface area is 147 Å². The molecule has 1 unspecified atom stereocenters. The number of halogens is 3. The summed E-state index contributed by atoms with van der Waals surface area (Å²) in [6, 6.07) is 8.05. The fourth-order valence-corrected chi connectivity index (χ4v) is 2.93. The fourth-order valence-electron chi connectivity index (χ4n) is 1.49. The van der Waals surface area contributed by atoms with Crippen molar-refractivity contribution in [3.63, 3.8) is 0 Å². The lowest BCUT2D eigenvalue weighted by atomic mass is 10.2. The first-order valence-electron chi connectivity index (χ1n) is 5.99. The largest absolute Gasteiger partial charge is 0.428 e. The predicted octanol–water partition coefficient (Wildman–Crippen LogP) is 3.79. The number of ether oxygens (including phenoxy) is 1. The van der Waals surface area contributed by atoms with Gasteiger partial charge in [0.1, 0.15) is 0 Å². The number of benzene rings is 1. The molecule has 0 fully saturated rings. The van der Waals surface area contributed by atoms with Gasteiger partial charge in [0.25, 0.3) is 9.70 Å². The molecule has 0 spiro atoms. The Hall–Kier alpha value is -0.820. The lowest BCUT2D eigenvalue weighted by Gasteiger charge is -2.24. The van der Waals surface area contributed by atoms with Gasteiger partial charge in [0.2, 0.25) is 5.85 Å². The van der Waals surface area contributed by atoms with Crippen LogP contribution in [0.3, 0.4) is 0 Å². The van der Waals surface area contributed by atoms with Crippen molar-refractivity contribution < 1.29 is 27.9 Å². The smallest absolute Gasteiger partial charge is 0.415 e. The zero-order valence-corrected chi connectivity index (χ0v) is 15.2. The number of amides is 2. The number of nitrogens with one attached hydrogen (secondary N) is 1. The molecule has 0 bridgehead atoms. The van der Waals surface area contributed by atoms with E-state index in [1.54, 1.807) is 35.6 Å². The standard InChI is InChI=1S/C12H13Cl3NO6P/c1-20-23(19,21-2)9(8-6-4-3-5-7-8)22-11(18)16-10(17)12(13,14)15/h3-7,9H,1-2H3,(H,16,17,18). The summed E-state index contributed by atoms with van der Waals surface area (Å²) in [6.07, 6.45) is -1.27. The normalized spacial score (nSPS) is 13.3. The first kappa shape index (κ1) is 20.2. The van der Waals surface area contributed by atoms with Crippen molar-refractivity contribution >= 4 is 54.4 Å². The number of imide groups is 1. The lowest BCUT2D eigenvalue weighted by Crippen LogP contribution is -2.39. The highest BCUT2D eigenvalue weighted by Crippen LogP contribution is 2.60. The van der Waals surface area contributed by atoms with E-state index >= 15 is 0 Å². The second-order valence-electron chi connectivity index (χ2n) is 4.03. The molecule has 1 rings (SSSR count). The van der Waals surface area contributed by atoms with Crippen LogP contribution in [-0.4, -0.2) is 30.0 Å². The zero-order chi connectivity index (χ0) is 17.7. The number of alkyl halides is 3. The Bertz CT molecular complexity index is 599. The van der Waals surface area contributed by atoms with Crippen molar-refractivity contribution in [3.8, 4) is 0 Å². The van der Waals surface area contributed by atoms with Gasteiger partial charge in [-0.25, -0.2) is 4.79 Å². The number of carbonyl (C=O) groups excluding carboxylic acids is 2. The second-order valence-corrected chi connectivity index (χ2v) is 8.59. The van der Waals surface area contributed by atoms with E-state index in [0.29, 0.717) is 5.56 Å². The maximum Gasteiger partial charge on any atom is 0.415 e. The minimum absolute atomic E-state index is 0.330. The van der Waals surface area contributed by atoms with Gasteiger partial charge < -0.3 is 13.8 Å². The summed E-state index contributed by atoms with van der Waals surface area (Å²) in [5, 5.41) is 1.71. The van der Waals surface area contributed by atoms with Crippen molar-refractivity contribution in [2.75, 3.05) is 14.2 Å². The third-order valence-electron chi connectivity index (χ3n) is 2.57. The van der Waals surface area contributed by atoms with Crippen LogP contribution in [0.25, 0.3) is 0 Å². The van der Waals surface area contributed by atoms with Crippen molar-refractivity contribution in [2.45, 2.75) is 9.64 Å². The van der Waals surface area contributed by atoms with E-state index in [2.05, 4.69) is 0 Å². The summed E-state index contributed by atoms with van der Waals surface area (Å²) in [5.41, 5.74) is 0.330. The maximum atomic E-state index is 12.6. The number of alkyl carbamates (subject to hydrolysis) is 1. The van der Waals surface area contributed by atoms with Crippen LogP contribution < -0.4 is 5.32 Å². The van der Waals surface area contributed by atoms with Crippen LogP contribution >= 0.6 is 42.4 Å². The van der Waals surface area contributed by atoms with Crippen LogP contribution in [0.4, 0.5) is 4.79 Å². The van der Waals surface area contributed by atoms with E-state index in [1.807, 2.05) is 0 Å². The van der Waals surface area contributed by atoms with E-state index < -0.39 is 29.2 Å². The summed E-state index contributed by atoms with van der Waals surface area (Å²) in [7, 11) is -1.58. The molecule has 0 aliphatic carbocycles. The molecule has 7 nitrogen and oxygen atoms in total. The van der Waals surface area contributed by atoms with Crippen molar-refractivity contribution in [1.29, 1.82) is 0 Å². The third-order valence-corrected chi connectivity index (χ3v) is 5.08. The van der Waals surface area contributed by atoms with Crippen LogP contribution in [0.5, 0.6) is 0 Å². The molecule has 0 saturated heterocycles. The van der Waals surface area contributed by atoms with Gasteiger partial charge in [0.05, 0.1) is 0 Å². The Morgan fingerprint density at radius 3 is 2.09 bits per heavy atom. The van der Waals surface area contributed by atoms with Gasteiger partial charge in [0, 0.05) is 19.8 Å². The molecule has 1 N–H and O–H groups in total. The summed E-state index contributed by atoms with van der Waals surface area (Å²) in [6.45, 7) is 0. The number of carbonyl (C=O) groups is 2. The Morgan fingerprint density at radius 1 is 1.13 bits per heavy atom. The Morgan fingerprint density at radius 2 is 1.65 bits per heavy atom. The van der Waals surface area contributed by atoms with Gasteiger partial charge in [-0.05, 0) is 0 Å². The monoisotopic (exact) mass is 403 g/mol. The molecule has 128 valence electrons. The highest BCUT2D eigenvalue weighted by molar-refractivity contribution is 7.54. The molecule has 0 saturated carbocycles. The summed E-state index contributed by atoms with van der Waals surface area (Å²) < 4.78 is 24.9. The number of hydrogen-bond donors (Lipinski definition) is 1. The number of hydrogen-bond acceptors (Lipinski definition) is 6. The molecule has 0 aliphatic heterocycles. The minimum atomic E-state index is -3.84. The SMILES string of the molecule is COP(=O)(OC)C(OC(=O)NC(=O)C(Cl)(Cl)Cl)c1ccccc1. The molecule has 23 heavy (non-hydrogen) atoms. The maximum absolute atomic E-state index is 12.6. The summed E-state index contributed by atoms with van der Waals surface area (Å²) in [5.74, 6) is -2.63. The molecule has 1 aromatic rings. The molecule has 0 aliphatic rings. The summed E-state index contributed by atoms with van der Waals surface area (Å²) in [4.78, 5) is 23.2. The van der Waals surface area contributed by atoms with Crippen LogP contribution in [0.1, 0.15) is 11.4 Å². The van der Waals surface area contributed by atoms with Gasteiger partial charge in [-0.2, -0.15) is 0 Å². The Balaban J connectivity index is 3.02. The third kappa shape index (κ3) is 5.64. The molecule has 1 aromatic carbocycles. The van der Waals surface area contributed by atoms with Gasteiger partial charge in [-0.15, -0.1) is 0 Å². The molecule has 2 amide bonds. The minimum Gasteiger partial charge on any atom is -0.428 e. The molecule has 0 heterocycles. The van der Waals surface area contributed by atoms with Crippen LogP contribution in [-0.2, 0) is 23.1 Å². The number of rotatable bonds is 5. The van der Waals surface area contributed by atoms with Gasteiger partial charge in [-0.3, -0.25) is 14.7 Å². The lowest BCUT2D eigenvalue weighted by molar-refractivity contribution is -0.119. The van der Waals surface area contributed by atoms with E-state index in [9.17, 15) is 14.2 Å². The molecule has 0 aromatic heterocycles. The van der Waals surface area contributed by atoms with Gasteiger partial charge in [-0.1, -0.05) is 65.1 Å². The molecular formula is C12H13Cl3NO6P. The van der Waals surface area contributed by atoms with E-state index in [1.165, 1.54) is 0 Å². The molecule has 11 heteroatoms. The highest BCUT2D eigenvalue weighted by atomic mass is 35.6. The first-order valence-corrected chi connectivity index (χ1v) is 8.73. The quantitative estimate of drug-likeness (QED) is 0.593. The molecular weight excluding hydrogens is 391 g/mol. The average molecular weight is 405 g/mol. The van der Waals surface area contributed by atoms with Gasteiger partial charge in [0.15, 0.2) is 0 Å². The fraction of sp³-hybridized carbons (Fsp3) is 0.333. The van der Waals surface area contributed by atoms with E-state index in [0.717, 1.165) is 14.2 Å². The topological polar surface area (TPSA) is 90.9 Å². The van der Waals surface area contributed by atoms with Crippen molar-refractivity contribution in [2.24, 2.45) is 0 Å². The van der Waals surface area contributed by atoms with E-state index in [-0.39, 0.29) is 0 Å². The predicted molar refractivity (Wildman–Crippen MR) is 85.7 cm³/mol. The summed E-state index contributed by atoms with van der Waals surface area (Å²) >= 11 is 16.0. The molecule has 0 radical (unpaired) electrons. The van der Waals surface area contributed by atoms with Gasteiger partial charge >= 0.3 is 13.7 Å². The zero-order valence-electron chi connectivity index (χ0n) is 12.0. The van der Waals surface area contributed by atoms with Crippen LogP contribution in [0.2, 0.25) is 0 Å². The van der Waals surface area contributed by atoms with Crippen LogP contribution in [0.15, 0.2) is 30.3 Å². The van der Waals surface area contributed by atoms with E-state index in [4.69, 9.17) is 48.6 Å². The van der Waals surface area contributed by atoms with Crippen molar-refractivity contribution in [3.05, 3.63) is 35.9 Å². The van der Waals surface area contributed by atoms with Crippen molar-refractivity contribution in [1.82, 2.24) is 5.32 Å². The Kier molecular flexibility index (Phi) is 7.32. The molecule has 1 atom stereocenters. The first-order chi connectivity index (χ1) is 10.6. The average Bonchev–Trinajstić information content (AvgIpc) is 2.51. The second kappa shape index (κ2) is 8.33. The highest BCUT2D eigenvalue weighted by Gasteiger charge is 2.40.